The number of nitro groups is 1. The predicted octanol–water partition coefficient (Wildman–Crippen LogP) is 3.24. The topological polar surface area (TPSA) is 104 Å². The molecule has 0 bridgehead atoms. The Morgan fingerprint density at radius 1 is 1.29 bits per heavy atom. The number of hydrogen-bond donors (Lipinski definition) is 3. The summed E-state index contributed by atoms with van der Waals surface area (Å²) in [4.78, 5) is 18.2. The highest BCUT2D eigenvalue weighted by Gasteiger charge is 2.33. The number of nitrogens with one attached hydrogen (secondary N) is 3. The summed E-state index contributed by atoms with van der Waals surface area (Å²) in [7, 11) is 0. The summed E-state index contributed by atoms with van der Waals surface area (Å²) in [5, 5.41) is 21.1. The molecular formula is C16H19F3N6O2S. The van der Waals surface area contributed by atoms with Crippen LogP contribution in [0.3, 0.4) is 0 Å². The minimum absolute atomic E-state index is 0.00760. The van der Waals surface area contributed by atoms with Crippen molar-refractivity contribution in [3.05, 3.63) is 50.5 Å². The van der Waals surface area contributed by atoms with E-state index in [0.29, 0.717) is 31.3 Å². The molecule has 8 nitrogen and oxygen atoms in total. The third-order valence-electron chi connectivity index (χ3n) is 3.39. The Hall–Kier alpha value is -2.89. The monoisotopic (exact) mass is 416 g/mol. The molecule has 0 fully saturated rings. The first-order valence-electron chi connectivity index (χ1n) is 8.32. The van der Waals surface area contributed by atoms with Crippen LogP contribution in [0.15, 0.2) is 34.6 Å². The second-order valence-corrected chi connectivity index (χ2v) is 6.39. The molecule has 2 rings (SSSR count). The fourth-order valence-electron chi connectivity index (χ4n) is 2.16. The molecule has 0 aliphatic heterocycles. The van der Waals surface area contributed by atoms with E-state index in [1.807, 2.05) is 6.92 Å². The summed E-state index contributed by atoms with van der Waals surface area (Å²) in [5.74, 6) is 0.413. The molecule has 28 heavy (non-hydrogen) atoms. The summed E-state index contributed by atoms with van der Waals surface area (Å²) in [6.07, 6.45) is -4.47. The SMILES string of the molecule is CCNC(=NCc1nc(C(F)(F)F)cs1)NCCNc1ccccc1[N+](=O)[O-]. The van der Waals surface area contributed by atoms with Crippen molar-refractivity contribution < 1.29 is 18.1 Å². The lowest BCUT2D eigenvalue weighted by atomic mass is 10.2. The molecule has 3 N–H and O–H groups in total. The number of hydrogen-bond acceptors (Lipinski definition) is 6. The number of anilines is 1. The van der Waals surface area contributed by atoms with Crippen LogP contribution < -0.4 is 16.0 Å². The van der Waals surface area contributed by atoms with E-state index in [1.165, 1.54) is 6.07 Å². The molecule has 152 valence electrons. The van der Waals surface area contributed by atoms with Gasteiger partial charge in [0.25, 0.3) is 5.69 Å². The zero-order valence-electron chi connectivity index (χ0n) is 14.9. The Kier molecular flexibility index (Phi) is 7.55. The summed E-state index contributed by atoms with van der Waals surface area (Å²) in [6.45, 7) is 3.20. The van der Waals surface area contributed by atoms with Gasteiger partial charge < -0.3 is 16.0 Å². The van der Waals surface area contributed by atoms with E-state index < -0.39 is 16.8 Å². The molecule has 0 aliphatic carbocycles. The highest BCUT2D eigenvalue weighted by Crippen LogP contribution is 2.30. The maximum Gasteiger partial charge on any atom is 0.434 e. The first kappa shape index (κ1) is 21.4. The van der Waals surface area contributed by atoms with Crippen LogP contribution in [-0.2, 0) is 12.7 Å². The Balaban J connectivity index is 1.88. The maximum absolute atomic E-state index is 12.6. The molecule has 0 atom stereocenters. The van der Waals surface area contributed by atoms with Crippen molar-refractivity contribution in [1.82, 2.24) is 15.6 Å². The first-order valence-corrected chi connectivity index (χ1v) is 9.20. The van der Waals surface area contributed by atoms with Crippen LogP contribution in [0.1, 0.15) is 17.6 Å². The van der Waals surface area contributed by atoms with Crippen LogP contribution in [0.5, 0.6) is 0 Å². The Morgan fingerprint density at radius 2 is 2.04 bits per heavy atom. The largest absolute Gasteiger partial charge is 0.434 e. The lowest BCUT2D eigenvalue weighted by molar-refractivity contribution is -0.384. The summed E-state index contributed by atoms with van der Waals surface area (Å²) >= 11 is 0.896. The molecular weight excluding hydrogens is 397 g/mol. The van der Waals surface area contributed by atoms with E-state index in [9.17, 15) is 23.3 Å². The molecule has 0 amide bonds. The number of nitro benzene ring substituents is 1. The second kappa shape index (κ2) is 9.88. The van der Waals surface area contributed by atoms with E-state index >= 15 is 0 Å². The van der Waals surface area contributed by atoms with Crippen molar-refractivity contribution >= 4 is 28.7 Å². The molecule has 0 saturated heterocycles. The smallest absolute Gasteiger partial charge is 0.378 e. The van der Waals surface area contributed by atoms with Gasteiger partial charge in [0.1, 0.15) is 10.7 Å². The van der Waals surface area contributed by atoms with Gasteiger partial charge in [-0.05, 0) is 13.0 Å². The van der Waals surface area contributed by atoms with Gasteiger partial charge in [-0.25, -0.2) is 9.98 Å². The molecule has 1 heterocycles. The third kappa shape index (κ3) is 6.37. The fourth-order valence-corrected chi connectivity index (χ4v) is 2.89. The minimum atomic E-state index is -4.47. The standard InChI is InChI=1S/C16H19F3N6O2S/c1-2-20-15(23-9-14-24-13(10-28-14)16(17,18)19)22-8-7-21-11-5-3-4-6-12(11)25(26)27/h3-6,10,21H,2,7-9H2,1H3,(H2,20,22,23). The van der Waals surface area contributed by atoms with Crippen LogP contribution >= 0.6 is 11.3 Å². The van der Waals surface area contributed by atoms with E-state index in [0.717, 1.165) is 16.7 Å². The zero-order chi connectivity index (χ0) is 20.6. The molecule has 0 saturated carbocycles. The van der Waals surface area contributed by atoms with Crippen molar-refractivity contribution in [2.24, 2.45) is 4.99 Å². The molecule has 0 aliphatic rings. The number of guanidine groups is 1. The van der Waals surface area contributed by atoms with E-state index in [4.69, 9.17) is 0 Å². The predicted molar refractivity (Wildman–Crippen MR) is 102 cm³/mol. The third-order valence-corrected chi connectivity index (χ3v) is 4.23. The molecule has 2 aromatic rings. The normalized spacial score (nSPS) is 11.9. The van der Waals surface area contributed by atoms with Crippen molar-refractivity contribution in [3.8, 4) is 0 Å². The first-order chi connectivity index (χ1) is 13.3. The maximum atomic E-state index is 12.6. The van der Waals surface area contributed by atoms with Gasteiger partial charge in [-0.15, -0.1) is 11.3 Å². The average Bonchev–Trinajstić information content (AvgIpc) is 3.13. The van der Waals surface area contributed by atoms with Gasteiger partial charge in [0.05, 0.1) is 11.5 Å². The number of para-hydroxylation sites is 2. The number of halogens is 3. The molecule has 1 aromatic carbocycles. The van der Waals surface area contributed by atoms with Crippen molar-refractivity contribution in [2.45, 2.75) is 19.6 Å². The van der Waals surface area contributed by atoms with Gasteiger partial charge in [-0.1, -0.05) is 12.1 Å². The van der Waals surface area contributed by atoms with Crippen LogP contribution in [-0.4, -0.2) is 35.5 Å². The van der Waals surface area contributed by atoms with Crippen molar-refractivity contribution in [3.63, 3.8) is 0 Å². The number of nitrogens with zero attached hydrogens (tertiary/aromatic N) is 3. The van der Waals surface area contributed by atoms with Crippen LogP contribution in [0.2, 0.25) is 0 Å². The lowest BCUT2D eigenvalue weighted by Gasteiger charge is -2.12. The lowest BCUT2D eigenvalue weighted by Crippen LogP contribution is -2.39. The van der Waals surface area contributed by atoms with Gasteiger partial charge in [-0.2, -0.15) is 13.2 Å². The number of rotatable bonds is 8. The second-order valence-electron chi connectivity index (χ2n) is 5.45. The number of alkyl halides is 3. The highest BCUT2D eigenvalue weighted by molar-refractivity contribution is 7.09. The number of aliphatic imine (C=N–C) groups is 1. The Bertz CT molecular complexity index is 825. The van der Waals surface area contributed by atoms with Gasteiger partial charge in [0.15, 0.2) is 11.7 Å². The number of benzene rings is 1. The molecule has 12 heteroatoms. The van der Waals surface area contributed by atoms with Gasteiger partial charge >= 0.3 is 6.18 Å². The van der Waals surface area contributed by atoms with Gasteiger partial charge in [0, 0.05) is 31.1 Å². The molecule has 0 radical (unpaired) electrons. The van der Waals surface area contributed by atoms with Gasteiger partial charge in [-0.3, -0.25) is 10.1 Å². The quantitative estimate of drug-likeness (QED) is 0.201. The average molecular weight is 416 g/mol. The van der Waals surface area contributed by atoms with Gasteiger partial charge in [0.2, 0.25) is 0 Å². The fraction of sp³-hybridized carbons (Fsp3) is 0.375. The van der Waals surface area contributed by atoms with E-state index in [2.05, 4.69) is 25.9 Å². The van der Waals surface area contributed by atoms with Crippen molar-refractivity contribution in [1.29, 1.82) is 0 Å². The summed E-state index contributed by atoms with van der Waals surface area (Å²) in [6, 6.07) is 6.29. The Labute approximate surface area is 163 Å². The summed E-state index contributed by atoms with van der Waals surface area (Å²) in [5.41, 5.74) is -0.541. The minimum Gasteiger partial charge on any atom is -0.378 e. The van der Waals surface area contributed by atoms with Crippen LogP contribution in [0.25, 0.3) is 0 Å². The molecule has 0 spiro atoms. The van der Waals surface area contributed by atoms with Crippen molar-refractivity contribution in [2.75, 3.05) is 25.0 Å². The van der Waals surface area contributed by atoms with E-state index in [-0.39, 0.29) is 17.2 Å². The molecule has 1 aromatic heterocycles. The van der Waals surface area contributed by atoms with Crippen LogP contribution in [0.4, 0.5) is 24.5 Å². The Morgan fingerprint density at radius 3 is 2.68 bits per heavy atom. The number of aromatic nitrogens is 1. The van der Waals surface area contributed by atoms with E-state index in [1.54, 1.807) is 18.2 Å². The highest BCUT2D eigenvalue weighted by atomic mass is 32.1. The summed E-state index contributed by atoms with van der Waals surface area (Å²) < 4.78 is 37.7. The molecule has 0 unspecified atom stereocenters. The zero-order valence-corrected chi connectivity index (χ0v) is 15.7. The van der Waals surface area contributed by atoms with Crippen LogP contribution in [0, 0.1) is 10.1 Å². The number of thiazole rings is 1.